The predicted molar refractivity (Wildman–Crippen MR) is 122 cm³/mol. The first-order chi connectivity index (χ1) is 15.1. The molecule has 0 amide bonds. The zero-order valence-electron chi connectivity index (χ0n) is 17.7. The zero-order valence-corrected chi connectivity index (χ0v) is 17.7. The van der Waals surface area contributed by atoms with Crippen LogP contribution in [0.3, 0.4) is 0 Å². The smallest absolute Gasteiger partial charge is 0.265 e. The molecule has 7 heteroatoms. The van der Waals surface area contributed by atoms with E-state index in [-0.39, 0.29) is 11.6 Å². The van der Waals surface area contributed by atoms with E-state index in [2.05, 4.69) is 6.92 Å². The summed E-state index contributed by atoms with van der Waals surface area (Å²) < 4.78 is 9.19. The Labute approximate surface area is 179 Å². The molecule has 7 nitrogen and oxygen atoms in total. The number of ether oxygens (including phenoxy) is 1. The largest absolute Gasteiger partial charge is 0.496 e. The van der Waals surface area contributed by atoms with Crippen LogP contribution in [-0.4, -0.2) is 31.2 Å². The van der Waals surface area contributed by atoms with Crippen molar-refractivity contribution in [3.63, 3.8) is 0 Å². The molecule has 0 saturated carbocycles. The van der Waals surface area contributed by atoms with Crippen molar-refractivity contribution in [2.45, 2.75) is 32.9 Å². The van der Waals surface area contributed by atoms with Gasteiger partial charge in [0.25, 0.3) is 5.56 Å². The Bertz CT molecular complexity index is 1480. The zero-order chi connectivity index (χ0) is 21.5. The van der Waals surface area contributed by atoms with E-state index in [9.17, 15) is 4.79 Å². The van der Waals surface area contributed by atoms with Crippen molar-refractivity contribution in [2.75, 3.05) is 7.11 Å². The van der Waals surface area contributed by atoms with E-state index in [4.69, 9.17) is 19.7 Å². The van der Waals surface area contributed by atoms with Gasteiger partial charge < -0.3 is 9.30 Å². The maximum atomic E-state index is 13.5. The van der Waals surface area contributed by atoms with Crippen LogP contribution in [0, 0.1) is 0 Å². The minimum Gasteiger partial charge on any atom is -0.496 e. The standard InChI is InChI=1S/C24H23N5O2/c1-4-15(2)29-14-25-22-20(24(29)30)21-23(27-18-11-7-6-10-17(18)26-21)28(22)13-16-9-5-8-12-19(16)31-3/h5-12,14-15H,4,13H2,1-3H3/t15-/m1/s1. The van der Waals surface area contributed by atoms with Gasteiger partial charge in [-0.05, 0) is 31.5 Å². The second-order valence-electron chi connectivity index (χ2n) is 7.70. The summed E-state index contributed by atoms with van der Waals surface area (Å²) in [5, 5.41) is 0.506. The summed E-state index contributed by atoms with van der Waals surface area (Å²) in [6, 6.07) is 15.6. The van der Waals surface area contributed by atoms with Crippen molar-refractivity contribution < 1.29 is 4.74 Å². The molecule has 0 unspecified atom stereocenters. The van der Waals surface area contributed by atoms with Gasteiger partial charge in [-0.2, -0.15) is 0 Å². The minimum absolute atomic E-state index is 0.0467. The third kappa shape index (κ3) is 3.04. The predicted octanol–water partition coefficient (Wildman–Crippen LogP) is 4.32. The van der Waals surface area contributed by atoms with Crippen molar-refractivity contribution in [3.05, 3.63) is 70.8 Å². The summed E-state index contributed by atoms with van der Waals surface area (Å²) in [6.07, 6.45) is 2.47. The lowest BCUT2D eigenvalue weighted by Crippen LogP contribution is -2.23. The molecular weight excluding hydrogens is 390 g/mol. The van der Waals surface area contributed by atoms with Crippen LogP contribution in [0.4, 0.5) is 0 Å². The topological polar surface area (TPSA) is 74.8 Å². The van der Waals surface area contributed by atoms with E-state index in [0.717, 1.165) is 28.8 Å². The monoisotopic (exact) mass is 413 g/mol. The summed E-state index contributed by atoms with van der Waals surface area (Å²) in [6.45, 7) is 4.54. The molecule has 5 aromatic rings. The quantitative estimate of drug-likeness (QED) is 0.429. The number of aromatic nitrogens is 5. The number of fused-ring (bicyclic) bond motifs is 4. The third-order valence-corrected chi connectivity index (χ3v) is 5.86. The molecule has 31 heavy (non-hydrogen) atoms. The number of hydrogen-bond donors (Lipinski definition) is 0. The first-order valence-electron chi connectivity index (χ1n) is 10.4. The second-order valence-corrected chi connectivity index (χ2v) is 7.70. The van der Waals surface area contributed by atoms with Gasteiger partial charge in [0.15, 0.2) is 11.3 Å². The fraction of sp³-hybridized carbons (Fsp3) is 0.250. The first kappa shape index (κ1) is 19.2. The average molecular weight is 413 g/mol. The molecule has 1 atom stereocenters. The number of rotatable bonds is 5. The van der Waals surface area contributed by atoms with Gasteiger partial charge in [0.2, 0.25) is 0 Å². The minimum atomic E-state index is -0.0901. The summed E-state index contributed by atoms with van der Waals surface area (Å²) in [7, 11) is 1.65. The maximum absolute atomic E-state index is 13.5. The van der Waals surface area contributed by atoms with E-state index in [1.54, 1.807) is 18.0 Å². The molecule has 3 aromatic heterocycles. The maximum Gasteiger partial charge on any atom is 0.265 e. The number of hydrogen-bond acceptors (Lipinski definition) is 5. The van der Waals surface area contributed by atoms with Gasteiger partial charge in [0.1, 0.15) is 23.0 Å². The lowest BCUT2D eigenvalue weighted by molar-refractivity contribution is 0.409. The molecule has 156 valence electrons. The molecule has 0 N–H and O–H groups in total. The van der Waals surface area contributed by atoms with E-state index >= 15 is 0 Å². The Balaban J connectivity index is 1.87. The van der Waals surface area contributed by atoms with Crippen molar-refractivity contribution in [1.82, 2.24) is 24.1 Å². The fourth-order valence-electron chi connectivity index (χ4n) is 3.98. The Morgan fingerprint density at radius 1 is 1.00 bits per heavy atom. The molecule has 0 bridgehead atoms. The molecule has 0 fully saturated rings. The fourth-order valence-corrected chi connectivity index (χ4v) is 3.98. The molecule has 0 aliphatic rings. The van der Waals surface area contributed by atoms with E-state index in [1.165, 1.54) is 0 Å². The summed E-state index contributed by atoms with van der Waals surface area (Å²) in [5.41, 5.74) is 4.23. The Hall–Kier alpha value is -3.74. The molecule has 0 spiro atoms. The van der Waals surface area contributed by atoms with E-state index in [1.807, 2.05) is 60.0 Å². The molecule has 0 radical (unpaired) electrons. The highest BCUT2D eigenvalue weighted by atomic mass is 16.5. The van der Waals surface area contributed by atoms with Gasteiger partial charge in [-0.15, -0.1) is 0 Å². The summed E-state index contributed by atoms with van der Waals surface area (Å²) in [5.74, 6) is 0.777. The van der Waals surface area contributed by atoms with Crippen LogP contribution in [-0.2, 0) is 6.54 Å². The van der Waals surface area contributed by atoms with Crippen molar-refractivity contribution in [2.24, 2.45) is 0 Å². The SMILES string of the molecule is CC[C@@H](C)n1cnc2c(c1=O)c1nc3ccccc3nc1n2Cc1ccccc1OC. The van der Waals surface area contributed by atoms with Crippen LogP contribution in [0.5, 0.6) is 5.75 Å². The van der Waals surface area contributed by atoms with E-state index in [0.29, 0.717) is 28.7 Å². The Morgan fingerprint density at radius 2 is 1.71 bits per heavy atom. The van der Waals surface area contributed by atoms with Crippen LogP contribution in [0.15, 0.2) is 59.7 Å². The van der Waals surface area contributed by atoms with Crippen LogP contribution in [0.1, 0.15) is 31.9 Å². The molecule has 0 aliphatic carbocycles. The van der Waals surface area contributed by atoms with Gasteiger partial charge >= 0.3 is 0 Å². The second kappa shape index (κ2) is 7.50. The molecule has 0 saturated heterocycles. The Morgan fingerprint density at radius 3 is 2.45 bits per heavy atom. The highest BCUT2D eigenvalue weighted by Crippen LogP contribution is 2.28. The molecular formula is C24H23N5O2. The highest BCUT2D eigenvalue weighted by molar-refractivity contribution is 6.04. The van der Waals surface area contributed by atoms with Crippen molar-refractivity contribution >= 4 is 33.2 Å². The number of methoxy groups -OCH3 is 1. The molecule has 3 heterocycles. The van der Waals surface area contributed by atoms with Crippen LogP contribution >= 0.6 is 0 Å². The van der Waals surface area contributed by atoms with Gasteiger partial charge in [-0.25, -0.2) is 15.0 Å². The van der Waals surface area contributed by atoms with Crippen LogP contribution in [0.2, 0.25) is 0 Å². The number of nitrogens with zero attached hydrogens (tertiary/aromatic N) is 5. The lowest BCUT2D eigenvalue weighted by atomic mass is 10.2. The van der Waals surface area contributed by atoms with Gasteiger partial charge in [0, 0.05) is 11.6 Å². The van der Waals surface area contributed by atoms with Crippen LogP contribution in [0.25, 0.3) is 33.2 Å². The first-order valence-corrected chi connectivity index (χ1v) is 10.4. The summed E-state index contributed by atoms with van der Waals surface area (Å²) in [4.78, 5) is 27.9. The van der Waals surface area contributed by atoms with E-state index < -0.39 is 0 Å². The number of benzene rings is 2. The van der Waals surface area contributed by atoms with Gasteiger partial charge in [-0.3, -0.25) is 9.36 Å². The molecule has 5 rings (SSSR count). The van der Waals surface area contributed by atoms with Crippen molar-refractivity contribution in [1.29, 1.82) is 0 Å². The number of para-hydroxylation sites is 3. The van der Waals surface area contributed by atoms with Crippen molar-refractivity contribution in [3.8, 4) is 5.75 Å². The van der Waals surface area contributed by atoms with Gasteiger partial charge in [0.05, 0.1) is 24.7 Å². The third-order valence-electron chi connectivity index (χ3n) is 5.86. The van der Waals surface area contributed by atoms with Crippen LogP contribution < -0.4 is 10.3 Å². The summed E-state index contributed by atoms with van der Waals surface area (Å²) >= 11 is 0. The Kier molecular flexibility index (Phi) is 4.66. The highest BCUT2D eigenvalue weighted by Gasteiger charge is 2.21. The average Bonchev–Trinajstić information content (AvgIpc) is 3.11. The van der Waals surface area contributed by atoms with Gasteiger partial charge in [-0.1, -0.05) is 37.3 Å². The molecule has 0 aliphatic heterocycles. The normalized spacial score (nSPS) is 12.6. The molecule has 2 aromatic carbocycles. The lowest BCUT2D eigenvalue weighted by Gasteiger charge is -2.13.